The molecule has 1 aromatic carbocycles. The van der Waals surface area contributed by atoms with Gasteiger partial charge in [0.05, 0.1) is 5.69 Å². The molecule has 134 valence electrons. The van der Waals surface area contributed by atoms with Crippen molar-refractivity contribution in [1.29, 1.82) is 0 Å². The van der Waals surface area contributed by atoms with Crippen molar-refractivity contribution in [2.45, 2.75) is 20.5 Å². The van der Waals surface area contributed by atoms with E-state index in [-0.39, 0.29) is 12.5 Å². The predicted molar refractivity (Wildman–Crippen MR) is 96.3 cm³/mol. The van der Waals surface area contributed by atoms with Gasteiger partial charge in [0.15, 0.2) is 6.61 Å². The van der Waals surface area contributed by atoms with Crippen LogP contribution in [0.5, 0.6) is 0 Å². The average molecular weight is 373 g/mol. The highest BCUT2D eigenvalue weighted by atomic mass is 35.5. The molecular formula is C18H17ClN4O3. The molecule has 8 heteroatoms. The van der Waals surface area contributed by atoms with Crippen molar-refractivity contribution in [1.82, 2.24) is 19.9 Å². The number of carbonyl (C=O) groups is 1. The summed E-state index contributed by atoms with van der Waals surface area (Å²) >= 11 is 6.11. The summed E-state index contributed by atoms with van der Waals surface area (Å²) in [5, 5.41) is 8.51. The number of benzene rings is 1. The van der Waals surface area contributed by atoms with Crippen molar-refractivity contribution < 1.29 is 14.1 Å². The van der Waals surface area contributed by atoms with E-state index in [1.54, 1.807) is 13.1 Å². The Morgan fingerprint density at radius 1 is 1.31 bits per heavy atom. The molecule has 26 heavy (non-hydrogen) atoms. The number of ether oxygens (including phenoxy) is 1. The number of nitrogens with zero attached hydrogens (tertiary/aromatic N) is 4. The summed E-state index contributed by atoms with van der Waals surface area (Å²) < 4.78 is 11.8. The van der Waals surface area contributed by atoms with E-state index < -0.39 is 5.97 Å². The topological polar surface area (TPSA) is 83.0 Å². The van der Waals surface area contributed by atoms with E-state index in [1.165, 1.54) is 10.8 Å². The first-order valence-corrected chi connectivity index (χ1v) is 8.25. The van der Waals surface area contributed by atoms with Crippen LogP contribution in [0.15, 0.2) is 34.9 Å². The summed E-state index contributed by atoms with van der Waals surface area (Å²) in [5.41, 5.74) is 3.37. The van der Waals surface area contributed by atoms with E-state index in [9.17, 15) is 4.79 Å². The van der Waals surface area contributed by atoms with Crippen LogP contribution in [-0.4, -0.2) is 25.9 Å². The van der Waals surface area contributed by atoms with E-state index in [0.717, 1.165) is 16.8 Å². The molecule has 2 aromatic heterocycles. The maximum absolute atomic E-state index is 11.9. The molecule has 0 atom stereocenters. The molecule has 3 rings (SSSR count). The summed E-state index contributed by atoms with van der Waals surface area (Å²) in [5.74, 6) is 0.127. The zero-order chi connectivity index (χ0) is 18.7. The fourth-order valence-corrected chi connectivity index (χ4v) is 2.54. The minimum absolute atomic E-state index is 0.109. The molecule has 3 aromatic rings. The fraction of sp³-hybridized carbons (Fsp3) is 0.222. The zero-order valence-corrected chi connectivity index (χ0v) is 15.3. The van der Waals surface area contributed by atoms with Gasteiger partial charge >= 0.3 is 5.97 Å². The number of aromatic nitrogens is 4. The third-order valence-electron chi connectivity index (χ3n) is 3.70. The normalized spacial score (nSPS) is 11.2. The van der Waals surface area contributed by atoms with Crippen LogP contribution in [0.1, 0.15) is 22.7 Å². The van der Waals surface area contributed by atoms with Gasteiger partial charge in [0.1, 0.15) is 5.15 Å². The number of carbonyl (C=O) groups excluding carboxylic acids is 1. The van der Waals surface area contributed by atoms with Gasteiger partial charge in [-0.1, -0.05) is 46.6 Å². The molecule has 0 spiro atoms. The summed E-state index contributed by atoms with van der Waals surface area (Å²) in [6.45, 7) is 3.70. The van der Waals surface area contributed by atoms with Gasteiger partial charge < -0.3 is 9.26 Å². The van der Waals surface area contributed by atoms with Crippen LogP contribution in [0.25, 0.3) is 17.5 Å². The number of esters is 1. The van der Waals surface area contributed by atoms with Crippen LogP contribution in [0, 0.1) is 13.8 Å². The molecule has 0 bridgehead atoms. The second-order valence-electron chi connectivity index (χ2n) is 5.73. The molecule has 0 amide bonds. The van der Waals surface area contributed by atoms with Crippen molar-refractivity contribution in [3.8, 4) is 11.4 Å². The highest BCUT2D eigenvalue weighted by Gasteiger charge is 2.11. The fourth-order valence-electron chi connectivity index (χ4n) is 2.30. The van der Waals surface area contributed by atoms with Crippen molar-refractivity contribution in [3.63, 3.8) is 0 Å². The summed E-state index contributed by atoms with van der Waals surface area (Å²) in [4.78, 5) is 16.1. The van der Waals surface area contributed by atoms with Gasteiger partial charge in [0.2, 0.25) is 5.82 Å². The summed E-state index contributed by atoms with van der Waals surface area (Å²) in [6.07, 6.45) is 2.85. The number of hydrogen-bond donors (Lipinski definition) is 0. The second-order valence-corrected chi connectivity index (χ2v) is 6.09. The highest BCUT2D eigenvalue weighted by Crippen LogP contribution is 2.20. The Hall–Kier alpha value is -2.93. The van der Waals surface area contributed by atoms with Gasteiger partial charge in [-0.3, -0.25) is 4.68 Å². The molecule has 0 N–H and O–H groups in total. The summed E-state index contributed by atoms with van der Waals surface area (Å²) in [7, 11) is 1.73. The van der Waals surface area contributed by atoms with Crippen molar-refractivity contribution in [2.24, 2.45) is 7.05 Å². The van der Waals surface area contributed by atoms with Crippen LogP contribution in [0.4, 0.5) is 0 Å². The first kappa shape index (κ1) is 17.9. The van der Waals surface area contributed by atoms with Gasteiger partial charge in [0.25, 0.3) is 5.89 Å². The molecule has 0 radical (unpaired) electrons. The van der Waals surface area contributed by atoms with E-state index in [2.05, 4.69) is 15.2 Å². The van der Waals surface area contributed by atoms with Crippen LogP contribution >= 0.6 is 11.6 Å². The molecule has 0 fully saturated rings. The Bertz CT molecular complexity index is 957. The second kappa shape index (κ2) is 7.53. The lowest BCUT2D eigenvalue weighted by molar-refractivity contribution is -0.139. The van der Waals surface area contributed by atoms with E-state index in [0.29, 0.717) is 16.5 Å². The largest absolute Gasteiger partial charge is 0.452 e. The summed E-state index contributed by atoms with van der Waals surface area (Å²) in [6, 6.07) is 7.72. The SMILES string of the molecule is Cc1ccc(-c2noc(COC(=O)/C=C/c3c(C)nn(C)c3Cl)n2)cc1. The molecule has 0 aliphatic heterocycles. The number of hydrogen-bond acceptors (Lipinski definition) is 6. The maximum atomic E-state index is 11.9. The van der Waals surface area contributed by atoms with Crippen molar-refractivity contribution in [2.75, 3.05) is 0 Å². The molecule has 0 aliphatic carbocycles. The Labute approximate surface area is 155 Å². The minimum atomic E-state index is -0.542. The van der Waals surface area contributed by atoms with Gasteiger partial charge in [-0.15, -0.1) is 0 Å². The Morgan fingerprint density at radius 3 is 2.69 bits per heavy atom. The number of halogens is 1. The van der Waals surface area contributed by atoms with E-state index in [1.807, 2.05) is 38.1 Å². The maximum Gasteiger partial charge on any atom is 0.331 e. The Morgan fingerprint density at radius 2 is 2.04 bits per heavy atom. The lowest BCUT2D eigenvalue weighted by atomic mass is 10.1. The van der Waals surface area contributed by atoms with E-state index >= 15 is 0 Å². The predicted octanol–water partition coefficient (Wildman–Crippen LogP) is 3.50. The van der Waals surface area contributed by atoms with Crippen LogP contribution < -0.4 is 0 Å². The van der Waals surface area contributed by atoms with Gasteiger partial charge in [-0.25, -0.2) is 4.79 Å². The Kier molecular flexibility index (Phi) is 5.18. The van der Waals surface area contributed by atoms with Crippen LogP contribution in [-0.2, 0) is 23.2 Å². The standard InChI is InChI=1S/C18H17ClN4O3/c1-11-4-6-13(7-5-11)18-20-15(26-22-18)10-25-16(24)9-8-14-12(2)21-23(3)17(14)19/h4-9H,10H2,1-3H3/b9-8+. The third-order valence-corrected chi connectivity index (χ3v) is 4.15. The molecule has 0 saturated heterocycles. The first-order valence-electron chi connectivity index (χ1n) is 7.87. The first-order chi connectivity index (χ1) is 12.4. The quantitative estimate of drug-likeness (QED) is 0.503. The molecular weight excluding hydrogens is 356 g/mol. The third kappa shape index (κ3) is 4.00. The highest BCUT2D eigenvalue weighted by molar-refractivity contribution is 6.31. The van der Waals surface area contributed by atoms with Crippen molar-refractivity contribution in [3.05, 3.63) is 58.2 Å². The van der Waals surface area contributed by atoms with Crippen molar-refractivity contribution >= 4 is 23.6 Å². The van der Waals surface area contributed by atoms with Crippen LogP contribution in [0.2, 0.25) is 5.15 Å². The van der Waals surface area contributed by atoms with E-state index in [4.69, 9.17) is 20.9 Å². The number of rotatable bonds is 5. The smallest absolute Gasteiger partial charge is 0.331 e. The van der Waals surface area contributed by atoms with Gasteiger partial charge in [0, 0.05) is 24.3 Å². The molecule has 0 saturated carbocycles. The molecule has 2 heterocycles. The minimum Gasteiger partial charge on any atom is -0.452 e. The molecule has 7 nitrogen and oxygen atoms in total. The molecule has 0 aliphatic rings. The Balaban J connectivity index is 1.60. The lowest BCUT2D eigenvalue weighted by Gasteiger charge is -1.97. The molecule has 0 unspecified atom stereocenters. The number of aryl methyl sites for hydroxylation is 3. The van der Waals surface area contributed by atoms with Crippen LogP contribution in [0.3, 0.4) is 0 Å². The average Bonchev–Trinajstić information content (AvgIpc) is 3.18. The monoisotopic (exact) mass is 372 g/mol. The van der Waals surface area contributed by atoms with Gasteiger partial charge in [-0.2, -0.15) is 10.1 Å². The van der Waals surface area contributed by atoms with Gasteiger partial charge in [-0.05, 0) is 19.9 Å². The lowest BCUT2D eigenvalue weighted by Crippen LogP contribution is -2.01. The zero-order valence-electron chi connectivity index (χ0n) is 14.6.